The van der Waals surface area contributed by atoms with Gasteiger partial charge in [-0.1, -0.05) is 11.6 Å². The summed E-state index contributed by atoms with van der Waals surface area (Å²) in [4.78, 5) is 12.1. The fourth-order valence-corrected chi connectivity index (χ4v) is 3.96. The summed E-state index contributed by atoms with van der Waals surface area (Å²) < 4.78 is 23.0. The third-order valence-electron chi connectivity index (χ3n) is 3.03. The Kier molecular flexibility index (Phi) is 4.01. The van der Waals surface area contributed by atoms with Crippen molar-refractivity contribution in [1.82, 2.24) is 5.32 Å². The number of anilines is 1. The third kappa shape index (κ3) is 3.61. The van der Waals surface area contributed by atoms with Crippen molar-refractivity contribution in [2.24, 2.45) is 0 Å². The fraction of sp³-hybridized carbons (Fsp3) is 0.417. The molecule has 0 aliphatic carbocycles. The smallest absolute Gasteiger partial charge is 0.253 e. The highest BCUT2D eigenvalue weighted by molar-refractivity contribution is 7.91. The average molecular weight is 303 g/mol. The first-order valence-electron chi connectivity index (χ1n) is 5.94. The van der Waals surface area contributed by atoms with Crippen molar-refractivity contribution in [2.45, 2.75) is 18.9 Å². The van der Waals surface area contributed by atoms with Crippen LogP contribution < -0.4 is 11.1 Å². The van der Waals surface area contributed by atoms with Crippen LogP contribution >= 0.6 is 11.6 Å². The number of sulfone groups is 1. The van der Waals surface area contributed by atoms with Gasteiger partial charge in [0.15, 0.2) is 9.84 Å². The maximum Gasteiger partial charge on any atom is 0.253 e. The zero-order valence-electron chi connectivity index (χ0n) is 10.2. The van der Waals surface area contributed by atoms with E-state index in [2.05, 4.69) is 5.32 Å². The van der Waals surface area contributed by atoms with E-state index >= 15 is 0 Å². The Morgan fingerprint density at radius 2 is 2.16 bits per heavy atom. The molecule has 1 saturated heterocycles. The van der Waals surface area contributed by atoms with Crippen LogP contribution in [-0.4, -0.2) is 31.9 Å². The van der Waals surface area contributed by atoms with E-state index in [0.29, 0.717) is 23.6 Å². The second-order valence-corrected chi connectivity index (χ2v) is 7.30. The van der Waals surface area contributed by atoms with Gasteiger partial charge in [-0.05, 0) is 31.0 Å². The van der Waals surface area contributed by atoms with Crippen molar-refractivity contribution in [3.05, 3.63) is 28.8 Å². The van der Waals surface area contributed by atoms with Crippen LogP contribution in [0.4, 0.5) is 5.69 Å². The van der Waals surface area contributed by atoms with E-state index in [1.165, 1.54) is 6.07 Å². The maximum atomic E-state index is 12.1. The summed E-state index contributed by atoms with van der Waals surface area (Å²) in [5, 5.41) is 3.00. The quantitative estimate of drug-likeness (QED) is 0.804. The van der Waals surface area contributed by atoms with Crippen LogP contribution in [0, 0.1) is 0 Å². The highest BCUT2D eigenvalue weighted by atomic mass is 35.5. The molecule has 104 valence electrons. The van der Waals surface area contributed by atoms with Crippen LogP contribution in [0.1, 0.15) is 23.2 Å². The molecular weight excluding hydrogens is 288 g/mol. The molecule has 1 heterocycles. The van der Waals surface area contributed by atoms with Crippen molar-refractivity contribution in [2.75, 3.05) is 17.2 Å². The van der Waals surface area contributed by atoms with Crippen LogP contribution in [0.3, 0.4) is 0 Å². The highest BCUT2D eigenvalue weighted by Crippen LogP contribution is 2.20. The zero-order valence-corrected chi connectivity index (χ0v) is 11.8. The van der Waals surface area contributed by atoms with E-state index in [-0.39, 0.29) is 29.0 Å². The maximum absolute atomic E-state index is 12.1. The second kappa shape index (κ2) is 5.38. The third-order valence-corrected chi connectivity index (χ3v) is 5.18. The number of hydrogen-bond acceptors (Lipinski definition) is 4. The first-order chi connectivity index (χ1) is 8.87. The van der Waals surface area contributed by atoms with Gasteiger partial charge < -0.3 is 11.1 Å². The van der Waals surface area contributed by atoms with Gasteiger partial charge in [0.2, 0.25) is 0 Å². The molecule has 19 heavy (non-hydrogen) atoms. The standard InChI is InChI=1S/C12H15ClN2O3S/c13-11-4-3-8(14)6-10(11)12(16)15-9-2-1-5-19(17,18)7-9/h3-4,6,9H,1-2,5,7,14H2,(H,15,16). The Labute approximate surface area is 117 Å². The van der Waals surface area contributed by atoms with Gasteiger partial charge >= 0.3 is 0 Å². The summed E-state index contributed by atoms with van der Waals surface area (Å²) in [5.41, 5.74) is 6.31. The van der Waals surface area contributed by atoms with E-state index in [1.807, 2.05) is 0 Å². The Morgan fingerprint density at radius 1 is 1.42 bits per heavy atom. The molecule has 0 bridgehead atoms. The summed E-state index contributed by atoms with van der Waals surface area (Å²) in [5.74, 6) is -0.212. The predicted molar refractivity (Wildman–Crippen MR) is 75.0 cm³/mol. The lowest BCUT2D eigenvalue weighted by Crippen LogP contribution is -2.43. The number of hydrogen-bond donors (Lipinski definition) is 2. The topological polar surface area (TPSA) is 89.3 Å². The molecule has 2 rings (SSSR count). The van der Waals surface area contributed by atoms with Crippen molar-refractivity contribution in [1.29, 1.82) is 0 Å². The summed E-state index contributed by atoms with van der Waals surface area (Å²) in [6.45, 7) is 0. The number of halogens is 1. The Balaban J connectivity index is 2.11. The van der Waals surface area contributed by atoms with Gasteiger partial charge in [0.25, 0.3) is 5.91 Å². The molecule has 5 nitrogen and oxygen atoms in total. The van der Waals surface area contributed by atoms with Crippen LogP contribution in [0.25, 0.3) is 0 Å². The summed E-state index contributed by atoms with van der Waals surface area (Å²) >= 11 is 5.93. The van der Waals surface area contributed by atoms with Gasteiger partial charge in [-0.3, -0.25) is 4.79 Å². The minimum absolute atomic E-state index is 0.0152. The number of rotatable bonds is 2. The van der Waals surface area contributed by atoms with Crippen LogP contribution in [-0.2, 0) is 9.84 Å². The van der Waals surface area contributed by atoms with Gasteiger partial charge in [0, 0.05) is 11.7 Å². The number of nitrogens with two attached hydrogens (primary N) is 1. The lowest BCUT2D eigenvalue weighted by molar-refractivity contribution is 0.0938. The molecule has 1 aromatic carbocycles. The average Bonchev–Trinajstić information content (AvgIpc) is 2.31. The lowest BCUT2D eigenvalue weighted by Gasteiger charge is -2.23. The Bertz CT molecular complexity index is 601. The highest BCUT2D eigenvalue weighted by Gasteiger charge is 2.26. The summed E-state index contributed by atoms with van der Waals surface area (Å²) in [6, 6.07) is 4.27. The molecule has 1 aliphatic heterocycles. The van der Waals surface area contributed by atoms with E-state index in [1.54, 1.807) is 12.1 Å². The number of amides is 1. The minimum Gasteiger partial charge on any atom is -0.399 e. The number of benzene rings is 1. The molecule has 1 aliphatic rings. The molecule has 0 radical (unpaired) electrons. The molecule has 1 fully saturated rings. The first-order valence-corrected chi connectivity index (χ1v) is 8.14. The van der Waals surface area contributed by atoms with Crippen LogP contribution in [0.15, 0.2) is 18.2 Å². The SMILES string of the molecule is Nc1ccc(Cl)c(C(=O)NC2CCCS(=O)(=O)C2)c1. The van der Waals surface area contributed by atoms with E-state index in [9.17, 15) is 13.2 Å². The molecule has 3 N–H and O–H groups in total. The fourth-order valence-electron chi connectivity index (χ4n) is 2.12. The summed E-state index contributed by atoms with van der Waals surface area (Å²) in [7, 11) is -3.05. The molecule has 1 amide bonds. The van der Waals surface area contributed by atoms with Gasteiger partial charge in [0.05, 0.1) is 22.1 Å². The Hall–Kier alpha value is -1.27. The summed E-state index contributed by atoms with van der Waals surface area (Å²) in [6.07, 6.45) is 1.23. The van der Waals surface area contributed by atoms with Gasteiger partial charge in [-0.25, -0.2) is 8.42 Å². The van der Waals surface area contributed by atoms with Crippen LogP contribution in [0.2, 0.25) is 5.02 Å². The van der Waals surface area contributed by atoms with Crippen molar-refractivity contribution in [3.8, 4) is 0 Å². The van der Waals surface area contributed by atoms with Gasteiger partial charge in [-0.15, -0.1) is 0 Å². The van der Waals surface area contributed by atoms with Gasteiger partial charge in [0.1, 0.15) is 0 Å². The number of nitrogen functional groups attached to an aromatic ring is 1. The van der Waals surface area contributed by atoms with E-state index in [4.69, 9.17) is 17.3 Å². The number of carbonyl (C=O) groups excluding carboxylic acids is 1. The minimum atomic E-state index is -3.05. The molecular formula is C12H15ClN2O3S. The monoisotopic (exact) mass is 302 g/mol. The predicted octanol–water partition coefficient (Wildman–Crippen LogP) is 1.23. The zero-order chi connectivity index (χ0) is 14.0. The molecule has 0 spiro atoms. The molecule has 0 aromatic heterocycles. The van der Waals surface area contributed by atoms with Crippen molar-refractivity contribution < 1.29 is 13.2 Å². The molecule has 7 heteroatoms. The second-order valence-electron chi connectivity index (χ2n) is 4.67. The number of carbonyl (C=O) groups is 1. The van der Waals surface area contributed by atoms with Crippen molar-refractivity contribution in [3.63, 3.8) is 0 Å². The van der Waals surface area contributed by atoms with Crippen molar-refractivity contribution >= 4 is 33.0 Å². The largest absolute Gasteiger partial charge is 0.399 e. The molecule has 1 aromatic rings. The lowest BCUT2D eigenvalue weighted by atomic mass is 10.1. The molecule has 1 atom stereocenters. The van der Waals surface area contributed by atoms with E-state index < -0.39 is 9.84 Å². The van der Waals surface area contributed by atoms with E-state index in [0.717, 1.165) is 0 Å². The van der Waals surface area contributed by atoms with Gasteiger partial charge in [-0.2, -0.15) is 0 Å². The first kappa shape index (κ1) is 14.1. The molecule has 1 unspecified atom stereocenters. The van der Waals surface area contributed by atoms with Crippen LogP contribution in [0.5, 0.6) is 0 Å². The number of nitrogens with one attached hydrogen (secondary N) is 1. The Morgan fingerprint density at radius 3 is 2.84 bits per heavy atom. The molecule has 0 saturated carbocycles. The normalized spacial score (nSPS) is 21.8.